The molecule has 38 heavy (non-hydrogen) atoms. The average molecular weight is 520 g/mol. The monoisotopic (exact) mass is 520 g/mol. The molecule has 2 aliphatic rings. The fraction of sp³-hybridized carbons (Fsp3) is 0.296. The fourth-order valence-electron chi connectivity index (χ4n) is 5.42. The van der Waals surface area contributed by atoms with Crippen LogP contribution < -0.4 is 4.90 Å². The number of rotatable bonds is 6. The molecule has 1 aliphatic carbocycles. The highest BCUT2D eigenvalue weighted by atomic mass is 19.4. The number of fused-ring (bicyclic) bond motifs is 3. The van der Waals surface area contributed by atoms with Crippen molar-refractivity contribution in [3.8, 4) is 11.1 Å². The Morgan fingerprint density at radius 1 is 1.03 bits per heavy atom. The summed E-state index contributed by atoms with van der Waals surface area (Å²) in [6.45, 7) is -1.54. The Morgan fingerprint density at radius 3 is 2.21 bits per heavy atom. The van der Waals surface area contributed by atoms with Crippen molar-refractivity contribution in [3.05, 3.63) is 93.4 Å². The molecule has 1 fully saturated rings. The number of carbonyl (C=O) groups excluding carboxylic acids is 1. The molecule has 3 aromatic rings. The van der Waals surface area contributed by atoms with E-state index in [-0.39, 0.29) is 23.8 Å². The number of azide groups is 1. The lowest BCUT2D eigenvalue weighted by Gasteiger charge is -2.37. The minimum atomic E-state index is -5.04. The van der Waals surface area contributed by atoms with Gasteiger partial charge in [-0.15, -0.1) is 0 Å². The second kappa shape index (κ2) is 10.3. The van der Waals surface area contributed by atoms with E-state index >= 15 is 0 Å². The lowest BCUT2D eigenvalue weighted by Crippen LogP contribution is -2.49. The first kappa shape index (κ1) is 25.5. The highest BCUT2D eigenvalue weighted by Crippen LogP contribution is 2.44. The topological polar surface area (TPSA) is 81.5 Å². The van der Waals surface area contributed by atoms with E-state index in [0.29, 0.717) is 37.4 Å². The second-order valence-electron chi connectivity index (χ2n) is 9.64. The number of carbonyl (C=O) groups is 1. The van der Waals surface area contributed by atoms with Crippen molar-refractivity contribution in [1.29, 1.82) is 0 Å². The van der Waals surface area contributed by atoms with Gasteiger partial charge < -0.3 is 27.5 Å². The summed E-state index contributed by atoms with van der Waals surface area (Å²) in [6, 6.07) is 19.1. The molecule has 1 heterocycles. The normalized spacial score (nSPS) is 15.1. The van der Waals surface area contributed by atoms with Crippen LogP contribution in [0.1, 0.15) is 28.2 Å². The van der Waals surface area contributed by atoms with Crippen LogP contribution in [0.15, 0.2) is 65.8 Å². The molecule has 1 aliphatic heterocycles. The highest BCUT2D eigenvalue weighted by Gasteiger charge is 2.31. The molecule has 0 saturated carbocycles. The van der Waals surface area contributed by atoms with E-state index in [1.807, 2.05) is 29.2 Å². The van der Waals surface area contributed by atoms with Gasteiger partial charge in [0.2, 0.25) is 0 Å². The van der Waals surface area contributed by atoms with Crippen LogP contribution in [0.2, 0.25) is 0 Å². The van der Waals surface area contributed by atoms with Gasteiger partial charge in [-0.25, -0.2) is 4.79 Å². The van der Waals surface area contributed by atoms with Gasteiger partial charge in [-0.3, -0.25) is 0 Å². The first-order chi connectivity index (χ1) is 18.2. The van der Waals surface area contributed by atoms with Crippen LogP contribution >= 0.6 is 0 Å². The van der Waals surface area contributed by atoms with Gasteiger partial charge >= 0.3 is 13.1 Å². The molecule has 0 radical (unpaired) electrons. The maximum atomic E-state index is 13.1. The van der Waals surface area contributed by atoms with Crippen molar-refractivity contribution in [3.63, 3.8) is 0 Å². The third kappa shape index (κ3) is 5.15. The molecule has 1 saturated heterocycles. The van der Waals surface area contributed by atoms with Gasteiger partial charge in [0.25, 0.3) is 0 Å². The summed E-state index contributed by atoms with van der Waals surface area (Å²) in [7, 11) is 0. The molecule has 0 spiro atoms. The molecule has 5 rings (SSSR count). The molecule has 0 unspecified atom stereocenters. The van der Waals surface area contributed by atoms with Crippen LogP contribution in [0.25, 0.3) is 21.6 Å². The zero-order chi connectivity index (χ0) is 26.9. The number of ether oxygens (including phenoxy) is 1. The predicted octanol–water partition coefficient (Wildman–Crippen LogP) is 6.94. The summed E-state index contributed by atoms with van der Waals surface area (Å²) in [4.78, 5) is 19.3. The summed E-state index contributed by atoms with van der Waals surface area (Å²) < 4.78 is 45.1. The molecule has 0 bridgehead atoms. The van der Waals surface area contributed by atoms with Gasteiger partial charge in [0.15, 0.2) is 0 Å². The molecule has 0 atom stereocenters. The van der Waals surface area contributed by atoms with Crippen molar-refractivity contribution in [2.75, 3.05) is 37.7 Å². The summed E-state index contributed by atoms with van der Waals surface area (Å²) >= 11 is 0. The first-order valence-electron chi connectivity index (χ1n) is 12.5. The number of hydrogen-bond acceptors (Lipinski definition) is 4. The SMILES string of the molecule is Cc1c(N=[N+]=[N-])cc(C[B-](F)(F)F)cc1N1CCN(C(=O)OCC2c3ccccc3-c3ccccc32)CC1. The van der Waals surface area contributed by atoms with E-state index in [4.69, 9.17) is 10.3 Å². The predicted molar refractivity (Wildman–Crippen MR) is 142 cm³/mol. The number of piperazine rings is 1. The van der Waals surface area contributed by atoms with E-state index in [1.165, 1.54) is 12.1 Å². The maximum absolute atomic E-state index is 13.1. The van der Waals surface area contributed by atoms with Crippen LogP contribution in [0, 0.1) is 6.92 Å². The van der Waals surface area contributed by atoms with E-state index in [9.17, 15) is 17.7 Å². The Labute approximate surface area is 218 Å². The molecule has 196 valence electrons. The van der Waals surface area contributed by atoms with Crippen molar-refractivity contribution in [1.82, 2.24) is 4.90 Å². The summed E-state index contributed by atoms with van der Waals surface area (Å²) in [5, 5.41) is 3.60. The van der Waals surface area contributed by atoms with Gasteiger partial charge in [-0.2, -0.15) is 0 Å². The van der Waals surface area contributed by atoms with E-state index in [0.717, 1.165) is 22.3 Å². The van der Waals surface area contributed by atoms with Gasteiger partial charge in [-0.1, -0.05) is 71.6 Å². The van der Waals surface area contributed by atoms with Gasteiger partial charge in [-0.05, 0) is 46.3 Å². The minimum absolute atomic E-state index is 0.0348. The van der Waals surface area contributed by atoms with E-state index in [1.54, 1.807) is 11.8 Å². The number of nitrogens with zero attached hydrogens (tertiary/aromatic N) is 5. The summed E-state index contributed by atoms with van der Waals surface area (Å²) in [6.07, 6.45) is -1.47. The molecule has 1 amide bonds. The summed E-state index contributed by atoms with van der Waals surface area (Å²) in [5.41, 5.74) is 14.9. The molecular formula is C27H26BF3N5O2-. The van der Waals surface area contributed by atoms with Crippen molar-refractivity contribution in [2.24, 2.45) is 5.11 Å². The van der Waals surface area contributed by atoms with Crippen LogP contribution in [-0.2, 0) is 11.1 Å². The van der Waals surface area contributed by atoms with Crippen molar-refractivity contribution in [2.45, 2.75) is 19.2 Å². The number of hydrogen-bond donors (Lipinski definition) is 0. The third-order valence-corrected chi connectivity index (χ3v) is 7.25. The van der Waals surface area contributed by atoms with Crippen molar-refractivity contribution < 1.29 is 22.5 Å². The Kier molecular flexibility index (Phi) is 6.95. The first-order valence-corrected chi connectivity index (χ1v) is 12.5. The standard InChI is InChI=1S/C27H26BF3N5O2/c1-18-25(33-34-32)14-19(16-28(29,30)31)15-26(18)35-10-12-36(13-11-35)27(37)38-17-24-22-8-4-2-6-20(22)21-7-3-5-9-23(21)24/h2-9,14-15,24H,10-13,16-17H2,1H3/q-1. The van der Waals surface area contributed by atoms with Gasteiger partial charge in [0.1, 0.15) is 6.61 Å². The van der Waals surface area contributed by atoms with Crippen LogP contribution in [0.3, 0.4) is 0 Å². The Morgan fingerprint density at radius 2 is 1.63 bits per heavy atom. The minimum Gasteiger partial charge on any atom is -0.449 e. The third-order valence-electron chi connectivity index (χ3n) is 7.25. The summed E-state index contributed by atoms with van der Waals surface area (Å²) in [5.74, 6) is -0.0348. The lowest BCUT2D eigenvalue weighted by atomic mass is 9.81. The highest BCUT2D eigenvalue weighted by molar-refractivity contribution is 6.57. The maximum Gasteiger partial charge on any atom is 0.482 e. The number of halogens is 3. The van der Waals surface area contributed by atoms with E-state index < -0.39 is 19.4 Å². The zero-order valence-corrected chi connectivity index (χ0v) is 20.9. The molecule has 7 nitrogen and oxygen atoms in total. The van der Waals surface area contributed by atoms with Crippen LogP contribution in [0.4, 0.5) is 29.1 Å². The fourth-order valence-corrected chi connectivity index (χ4v) is 5.42. The molecular weight excluding hydrogens is 494 g/mol. The van der Waals surface area contributed by atoms with Gasteiger partial charge in [0.05, 0.1) is 0 Å². The molecule has 0 aromatic heterocycles. The largest absolute Gasteiger partial charge is 0.482 e. The number of anilines is 1. The van der Waals surface area contributed by atoms with Crippen LogP contribution in [-0.4, -0.2) is 50.8 Å². The molecule has 3 aromatic carbocycles. The average Bonchev–Trinajstić information content (AvgIpc) is 3.22. The number of benzene rings is 3. The van der Waals surface area contributed by atoms with Crippen LogP contribution in [0.5, 0.6) is 0 Å². The number of amides is 1. The van der Waals surface area contributed by atoms with Crippen molar-refractivity contribution >= 4 is 24.4 Å². The Hall–Kier alpha value is -4.11. The molecule has 0 N–H and O–H groups in total. The van der Waals surface area contributed by atoms with Gasteiger partial charge in [0, 0.05) is 48.4 Å². The second-order valence-corrected chi connectivity index (χ2v) is 9.64. The molecule has 11 heteroatoms. The Balaban J connectivity index is 1.25. The Bertz CT molecular complexity index is 1370. The van der Waals surface area contributed by atoms with E-state index in [2.05, 4.69) is 34.3 Å². The zero-order valence-electron chi connectivity index (χ0n) is 20.9. The quantitative estimate of drug-likeness (QED) is 0.153. The lowest BCUT2D eigenvalue weighted by molar-refractivity contribution is 0.0976. The smallest absolute Gasteiger partial charge is 0.449 e.